The lowest BCUT2D eigenvalue weighted by Crippen LogP contribution is -2.52. The molecule has 33 heavy (non-hydrogen) atoms. The van der Waals surface area contributed by atoms with Gasteiger partial charge in [-0.15, -0.1) is 0 Å². The van der Waals surface area contributed by atoms with Gasteiger partial charge in [-0.1, -0.05) is 42.8 Å². The molecule has 180 valence electrons. The minimum absolute atomic E-state index is 0.0594. The predicted molar refractivity (Wildman–Crippen MR) is 136 cm³/mol. The van der Waals surface area contributed by atoms with Crippen molar-refractivity contribution in [2.45, 2.75) is 45.8 Å². The Morgan fingerprint density at radius 2 is 1.79 bits per heavy atom. The maximum absolute atomic E-state index is 13.5. The van der Waals surface area contributed by atoms with Gasteiger partial charge in [-0.3, -0.25) is 13.9 Å². The number of halogens is 2. The molecule has 0 heterocycles. The Balaban J connectivity index is 2.40. The van der Waals surface area contributed by atoms with Crippen molar-refractivity contribution in [3.63, 3.8) is 0 Å². The molecule has 0 spiro atoms. The van der Waals surface area contributed by atoms with Crippen LogP contribution in [0.25, 0.3) is 0 Å². The minimum Gasteiger partial charge on any atom is -0.352 e. The Morgan fingerprint density at radius 1 is 1.12 bits per heavy atom. The maximum Gasteiger partial charge on any atom is 0.244 e. The summed E-state index contributed by atoms with van der Waals surface area (Å²) in [5, 5.41) is 3.39. The molecule has 10 heteroatoms. The van der Waals surface area contributed by atoms with Crippen LogP contribution in [0.15, 0.2) is 53.0 Å². The van der Waals surface area contributed by atoms with E-state index >= 15 is 0 Å². The van der Waals surface area contributed by atoms with Crippen LogP contribution in [-0.4, -0.2) is 50.0 Å². The summed E-state index contributed by atoms with van der Waals surface area (Å²) in [5.41, 5.74) is 1.07. The number of carbonyl (C=O) groups is 2. The van der Waals surface area contributed by atoms with Gasteiger partial charge in [-0.25, -0.2) is 8.42 Å². The monoisotopic (exact) mass is 557 g/mol. The van der Waals surface area contributed by atoms with Crippen LogP contribution in [0.4, 0.5) is 5.69 Å². The molecule has 1 N–H and O–H groups in total. The highest BCUT2D eigenvalue weighted by Gasteiger charge is 2.31. The van der Waals surface area contributed by atoms with E-state index in [2.05, 4.69) is 21.2 Å². The zero-order chi connectivity index (χ0) is 24.8. The number of carbonyl (C=O) groups excluding carboxylic acids is 2. The number of sulfonamides is 1. The summed E-state index contributed by atoms with van der Waals surface area (Å²) in [7, 11) is -3.78. The van der Waals surface area contributed by atoms with Crippen molar-refractivity contribution >= 4 is 55.1 Å². The SMILES string of the molecule is CCC(C)NC(=O)C(C)N(Cc1cccc(Cl)c1)C(=O)CN(c1ccccc1Br)S(C)(=O)=O. The van der Waals surface area contributed by atoms with Crippen molar-refractivity contribution in [1.82, 2.24) is 10.2 Å². The lowest BCUT2D eigenvalue weighted by atomic mass is 10.1. The van der Waals surface area contributed by atoms with E-state index in [1.807, 2.05) is 13.8 Å². The summed E-state index contributed by atoms with van der Waals surface area (Å²) in [6.45, 7) is 5.10. The molecule has 2 rings (SSSR count). The zero-order valence-corrected chi connectivity index (χ0v) is 22.2. The fraction of sp³-hybridized carbons (Fsp3) is 0.391. The molecule has 0 aliphatic heterocycles. The molecule has 0 aliphatic carbocycles. The highest BCUT2D eigenvalue weighted by atomic mass is 79.9. The van der Waals surface area contributed by atoms with E-state index in [4.69, 9.17) is 11.6 Å². The van der Waals surface area contributed by atoms with Gasteiger partial charge in [-0.05, 0) is 66.0 Å². The fourth-order valence-electron chi connectivity index (χ4n) is 3.13. The molecule has 0 fully saturated rings. The molecule has 0 bridgehead atoms. The van der Waals surface area contributed by atoms with E-state index < -0.39 is 28.5 Å². The van der Waals surface area contributed by atoms with Crippen molar-refractivity contribution < 1.29 is 18.0 Å². The molecule has 2 aromatic carbocycles. The third kappa shape index (κ3) is 7.72. The summed E-state index contributed by atoms with van der Waals surface area (Å²) in [6, 6.07) is 12.8. The van der Waals surface area contributed by atoms with Gasteiger partial charge in [-0.2, -0.15) is 0 Å². The lowest BCUT2D eigenvalue weighted by molar-refractivity contribution is -0.139. The van der Waals surface area contributed by atoms with Crippen molar-refractivity contribution in [1.29, 1.82) is 0 Å². The third-order valence-corrected chi connectivity index (χ3v) is 7.24. The van der Waals surface area contributed by atoms with Crippen LogP contribution in [-0.2, 0) is 26.2 Å². The molecule has 0 aromatic heterocycles. The van der Waals surface area contributed by atoms with Gasteiger partial charge in [0, 0.05) is 22.1 Å². The largest absolute Gasteiger partial charge is 0.352 e. The van der Waals surface area contributed by atoms with Crippen LogP contribution in [0.2, 0.25) is 5.02 Å². The number of nitrogens with one attached hydrogen (secondary N) is 1. The average Bonchev–Trinajstić information content (AvgIpc) is 2.75. The molecule has 2 aromatic rings. The topological polar surface area (TPSA) is 86.8 Å². The third-order valence-electron chi connectivity index (χ3n) is 5.21. The molecular formula is C23H29BrClN3O4S. The first kappa shape index (κ1) is 27.1. The summed E-state index contributed by atoms with van der Waals surface area (Å²) in [5.74, 6) is -0.825. The lowest BCUT2D eigenvalue weighted by Gasteiger charge is -2.32. The van der Waals surface area contributed by atoms with Gasteiger partial charge in [0.05, 0.1) is 11.9 Å². The molecule has 0 saturated carbocycles. The highest BCUT2D eigenvalue weighted by Crippen LogP contribution is 2.28. The molecule has 2 unspecified atom stereocenters. The molecule has 0 saturated heterocycles. The predicted octanol–water partition coefficient (Wildman–Crippen LogP) is 4.20. The number of benzene rings is 2. The number of para-hydroxylation sites is 1. The van der Waals surface area contributed by atoms with Gasteiger partial charge in [0.2, 0.25) is 21.8 Å². The van der Waals surface area contributed by atoms with E-state index in [-0.39, 0.29) is 18.5 Å². The van der Waals surface area contributed by atoms with Gasteiger partial charge in [0.25, 0.3) is 0 Å². The number of amides is 2. The van der Waals surface area contributed by atoms with Crippen molar-refractivity contribution in [2.24, 2.45) is 0 Å². The summed E-state index contributed by atoms with van der Waals surface area (Å²) in [4.78, 5) is 27.7. The Labute approximate surface area is 209 Å². The zero-order valence-electron chi connectivity index (χ0n) is 19.1. The Bertz CT molecular complexity index is 1100. The van der Waals surface area contributed by atoms with Crippen LogP contribution in [0, 0.1) is 0 Å². The second kappa shape index (κ2) is 11.9. The Morgan fingerprint density at radius 3 is 2.36 bits per heavy atom. The van der Waals surface area contributed by atoms with Crippen molar-refractivity contribution in [2.75, 3.05) is 17.1 Å². The van der Waals surface area contributed by atoms with Crippen molar-refractivity contribution in [3.05, 3.63) is 63.6 Å². The van der Waals surface area contributed by atoms with Gasteiger partial charge in [0.15, 0.2) is 0 Å². The molecule has 7 nitrogen and oxygen atoms in total. The first-order valence-electron chi connectivity index (χ1n) is 10.5. The molecule has 2 atom stereocenters. The normalized spacial score (nSPS) is 13.2. The molecule has 0 radical (unpaired) electrons. The average molecular weight is 559 g/mol. The number of rotatable bonds is 10. The maximum atomic E-state index is 13.5. The van der Waals surface area contributed by atoms with Crippen molar-refractivity contribution in [3.8, 4) is 0 Å². The van der Waals surface area contributed by atoms with Gasteiger partial charge in [0.1, 0.15) is 12.6 Å². The second-order valence-electron chi connectivity index (χ2n) is 7.87. The van der Waals surface area contributed by atoms with E-state index in [1.54, 1.807) is 55.5 Å². The van der Waals surface area contributed by atoms with Crippen LogP contribution >= 0.6 is 27.5 Å². The molecular weight excluding hydrogens is 530 g/mol. The smallest absolute Gasteiger partial charge is 0.244 e. The fourth-order valence-corrected chi connectivity index (χ4v) is 4.82. The van der Waals surface area contributed by atoms with Crippen LogP contribution in [0.3, 0.4) is 0 Å². The molecule has 2 amide bonds. The quantitative estimate of drug-likeness (QED) is 0.474. The summed E-state index contributed by atoms with van der Waals surface area (Å²) >= 11 is 9.46. The number of anilines is 1. The second-order valence-corrected chi connectivity index (χ2v) is 11.1. The summed E-state index contributed by atoms with van der Waals surface area (Å²) < 4.78 is 26.7. The number of nitrogens with zero attached hydrogens (tertiary/aromatic N) is 2. The first-order chi connectivity index (χ1) is 15.4. The Hall–Kier alpha value is -2.10. The highest BCUT2D eigenvalue weighted by molar-refractivity contribution is 9.10. The van der Waals surface area contributed by atoms with Crippen LogP contribution < -0.4 is 9.62 Å². The molecule has 0 aliphatic rings. The Kier molecular flexibility index (Phi) is 9.75. The summed E-state index contributed by atoms with van der Waals surface area (Å²) in [6.07, 6.45) is 1.78. The first-order valence-corrected chi connectivity index (χ1v) is 13.5. The van der Waals surface area contributed by atoms with Crippen LogP contribution in [0.5, 0.6) is 0 Å². The van der Waals surface area contributed by atoms with Gasteiger partial charge >= 0.3 is 0 Å². The van der Waals surface area contributed by atoms with Crippen LogP contribution in [0.1, 0.15) is 32.8 Å². The van der Waals surface area contributed by atoms with Gasteiger partial charge < -0.3 is 10.2 Å². The van der Waals surface area contributed by atoms with E-state index in [1.165, 1.54) is 4.90 Å². The van der Waals surface area contributed by atoms with E-state index in [0.717, 1.165) is 22.5 Å². The van der Waals surface area contributed by atoms with E-state index in [0.29, 0.717) is 15.2 Å². The number of hydrogen-bond donors (Lipinski definition) is 1. The van der Waals surface area contributed by atoms with E-state index in [9.17, 15) is 18.0 Å². The minimum atomic E-state index is -3.78. The number of hydrogen-bond acceptors (Lipinski definition) is 4. The standard InChI is InChI=1S/C23H29BrClN3O4S/c1-5-16(2)26-23(30)17(3)27(14-18-9-8-10-19(25)13-18)22(29)15-28(33(4,31)32)21-12-7-6-11-20(21)24/h6-13,16-17H,5,14-15H2,1-4H3,(H,26,30).